The fourth-order valence-corrected chi connectivity index (χ4v) is 5.25. The van der Waals surface area contributed by atoms with Gasteiger partial charge in [0, 0.05) is 35.6 Å². The van der Waals surface area contributed by atoms with Gasteiger partial charge in [-0.05, 0) is 69.0 Å². The van der Waals surface area contributed by atoms with Crippen molar-refractivity contribution < 1.29 is 18.0 Å². The molecule has 36 heavy (non-hydrogen) atoms. The molecule has 0 saturated heterocycles. The summed E-state index contributed by atoms with van der Waals surface area (Å²) in [6.07, 6.45) is 1.92. The number of carbonyl (C=O) groups is 2. The van der Waals surface area contributed by atoms with Crippen molar-refractivity contribution in [3.8, 4) is 0 Å². The van der Waals surface area contributed by atoms with Gasteiger partial charge in [0.25, 0.3) is 0 Å². The monoisotopic (exact) mass is 555 g/mol. The second-order valence-electron chi connectivity index (χ2n) is 9.06. The molecular formula is C26H35Cl2N3O4S. The van der Waals surface area contributed by atoms with Crippen molar-refractivity contribution in [3.63, 3.8) is 0 Å². The Bertz CT molecular complexity index is 1150. The minimum atomic E-state index is -3.60. The fourth-order valence-electron chi connectivity index (χ4n) is 3.94. The molecule has 7 nitrogen and oxygen atoms in total. The van der Waals surface area contributed by atoms with Crippen molar-refractivity contribution in [2.24, 2.45) is 0 Å². The quantitative estimate of drug-likeness (QED) is 0.391. The van der Waals surface area contributed by atoms with E-state index in [1.165, 1.54) is 4.31 Å². The molecule has 0 bridgehead atoms. The average Bonchev–Trinajstić information content (AvgIpc) is 2.78. The van der Waals surface area contributed by atoms with Crippen molar-refractivity contribution in [2.75, 3.05) is 17.1 Å². The molecular weight excluding hydrogens is 521 g/mol. The first-order valence-electron chi connectivity index (χ1n) is 11.9. The first-order chi connectivity index (χ1) is 16.8. The largest absolute Gasteiger partial charge is 0.352 e. The molecule has 0 spiro atoms. The SMILES string of the molecule is CC[C@H](C(=O)NC(C)C)N(Cc1ccc(Cl)cc1)C(=O)CCCN(c1cccc(Cl)c1C)S(C)(=O)=O. The van der Waals surface area contributed by atoms with Crippen molar-refractivity contribution in [3.05, 3.63) is 63.6 Å². The van der Waals surface area contributed by atoms with Gasteiger partial charge < -0.3 is 10.2 Å². The minimum absolute atomic E-state index is 0.0664. The highest BCUT2D eigenvalue weighted by Gasteiger charge is 2.29. The summed E-state index contributed by atoms with van der Waals surface area (Å²) in [6.45, 7) is 7.70. The van der Waals surface area contributed by atoms with E-state index in [0.717, 1.165) is 11.8 Å². The van der Waals surface area contributed by atoms with Gasteiger partial charge in [0.15, 0.2) is 0 Å². The van der Waals surface area contributed by atoms with E-state index in [0.29, 0.717) is 27.7 Å². The van der Waals surface area contributed by atoms with Gasteiger partial charge in [-0.2, -0.15) is 0 Å². The number of nitrogens with zero attached hydrogens (tertiary/aromatic N) is 2. The normalized spacial score (nSPS) is 12.3. The van der Waals surface area contributed by atoms with Crippen LogP contribution in [0.4, 0.5) is 5.69 Å². The van der Waals surface area contributed by atoms with Gasteiger partial charge in [-0.15, -0.1) is 0 Å². The zero-order valence-corrected chi connectivity index (χ0v) is 23.8. The molecule has 0 aliphatic rings. The summed E-state index contributed by atoms with van der Waals surface area (Å²) in [6, 6.07) is 11.5. The molecule has 2 aromatic carbocycles. The molecule has 2 amide bonds. The highest BCUT2D eigenvalue weighted by atomic mass is 35.5. The maximum atomic E-state index is 13.4. The summed E-state index contributed by atoms with van der Waals surface area (Å²) in [5.41, 5.74) is 1.98. The predicted octanol–water partition coefficient (Wildman–Crippen LogP) is 5.18. The number of benzene rings is 2. The Morgan fingerprint density at radius 3 is 2.25 bits per heavy atom. The van der Waals surface area contributed by atoms with Gasteiger partial charge >= 0.3 is 0 Å². The van der Waals surface area contributed by atoms with E-state index < -0.39 is 16.1 Å². The molecule has 0 aromatic heterocycles. The number of carbonyl (C=O) groups excluding carboxylic acids is 2. The Morgan fingerprint density at radius 2 is 1.69 bits per heavy atom. The molecule has 198 valence electrons. The van der Waals surface area contributed by atoms with Crippen molar-refractivity contribution >= 4 is 50.7 Å². The molecule has 1 atom stereocenters. The number of halogens is 2. The molecule has 0 fully saturated rings. The third-order valence-electron chi connectivity index (χ3n) is 5.74. The lowest BCUT2D eigenvalue weighted by molar-refractivity contribution is -0.141. The van der Waals surface area contributed by atoms with Gasteiger partial charge in [0.1, 0.15) is 6.04 Å². The number of nitrogens with one attached hydrogen (secondary N) is 1. The van der Waals surface area contributed by atoms with Crippen LogP contribution in [0.3, 0.4) is 0 Å². The Morgan fingerprint density at radius 1 is 1.06 bits per heavy atom. The number of hydrogen-bond acceptors (Lipinski definition) is 4. The fraction of sp³-hybridized carbons (Fsp3) is 0.462. The third kappa shape index (κ3) is 8.39. The average molecular weight is 557 g/mol. The van der Waals surface area contributed by atoms with E-state index in [1.807, 2.05) is 32.9 Å². The predicted molar refractivity (Wildman–Crippen MR) is 147 cm³/mol. The number of sulfonamides is 1. The molecule has 2 aromatic rings. The maximum absolute atomic E-state index is 13.4. The first-order valence-corrected chi connectivity index (χ1v) is 14.5. The van der Waals surface area contributed by atoms with Crippen LogP contribution >= 0.6 is 23.2 Å². The molecule has 0 radical (unpaired) electrons. The van der Waals surface area contributed by atoms with Crippen LogP contribution < -0.4 is 9.62 Å². The highest BCUT2D eigenvalue weighted by Crippen LogP contribution is 2.28. The second kappa shape index (κ2) is 13.3. The maximum Gasteiger partial charge on any atom is 0.243 e. The van der Waals surface area contributed by atoms with Crippen LogP contribution in [0, 0.1) is 6.92 Å². The first kappa shape index (κ1) is 29.9. The molecule has 0 aliphatic carbocycles. The Hall–Kier alpha value is -2.29. The van der Waals surface area contributed by atoms with E-state index in [9.17, 15) is 18.0 Å². The summed E-state index contributed by atoms with van der Waals surface area (Å²) in [7, 11) is -3.60. The van der Waals surface area contributed by atoms with Gasteiger partial charge in [-0.25, -0.2) is 8.42 Å². The highest BCUT2D eigenvalue weighted by molar-refractivity contribution is 7.92. The van der Waals surface area contributed by atoms with Gasteiger partial charge in [-0.1, -0.05) is 48.3 Å². The molecule has 0 saturated carbocycles. The molecule has 0 aliphatic heterocycles. The van der Waals surface area contributed by atoms with Crippen LogP contribution in [0.1, 0.15) is 51.2 Å². The molecule has 2 rings (SSSR count). The molecule has 0 unspecified atom stereocenters. The lowest BCUT2D eigenvalue weighted by Gasteiger charge is -2.31. The van der Waals surface area contributed by atoms with Crippen LogP contribution in [-0.2, 0) is 26.2 Å². The Labute approximate surface area is 224 Å². The van der Waals surface area contributed by atoms with Crippen molar-refractivity contribution in [1.29, 1.82) is 0 Å². The van der Waals surface area contributed by atoms with Crippen LogP contribution in [0.15, 0.2) is 42.5 Å². The van der Waals surface area contributed by atoms with Gasteiger partial charge in [0.2, 0.25) is 21.8 Å². The summed E-state index contributed by atoms with van der Waals surface area (Å²) in [5, 5.41) is 3.95. The smallest absolute Gasteiger partial charge is 0.243 e. The summed E-state index contributed by atoms with van der Waals surface area (Å²) >= 11 is 12.2. The Balaban J connectivity index is 2.24. The number of amides is 2. The van der Waals surface area contributed by atoms with E-state index in [-0.39, 0.29) is 43.8 Å². The van der Waals surface area contributed by atoms with Gasteiger partial charge in [-0.3, -0.25) is 13.9 Å². The lowest BCUT2D eigenvalue weighted by Crippen LogP contribution is -2.50. The summed E-state index contributed by atoms with van der Waals surface area (Å²) < 4.78 is 26.4. The van der Waals surface area contributed by atoms with Crippen LogP contribution in [0.2, 0.25) is 10.0 Å². The Kier molecular flexibility index (Phi) is 11.1. The van der Waals surface area contributed by atoms with Crippen molar-refractivity contribution in [1.82, 2.24) is 10.2 Å². The number of anilines is 1. The van der Waals surface area contributed by atoms with Crippen LogP contribution in [-0.4, -0.2) is 50.0 Å². The summed E-state index contributed by atoms with van der Waals surface area (Å²) in [4.78, 5) is 27.9. The zero-order chi connectivity index (χ0) is 27.0. The number of rotatable bonds is 12. The molecule has 0 heterocycles. The third-order valence-corrected chi connectivity index (χ3v) is 7.58. The van der Waals surface area contributed by atoms with Gasteiger partial charge in [0.05, 0.1) is 11.9 Å². The summed E-state index contributed by atoms with van der Waals surface area (Å²) in [5.74, 6) is -0.450. The number of hydrogen-bond donors (Lipinski definition) is 1. The standard InChI is InChI=1S/C26H35Cl2N3O4S/c1-6-23(26(33)29-18(2)3)30(17-20-12-14-21(27)15-13-20)25(32)11-8-16-31(36(5,34)35)24-10-7-9-22(28)19(24)4/h7,9-10,12-15,18,23H,6,8,11,16-17H2,1-5H3,(H,29,33)/t23-/m1/s1. The topological polar surface area (TPSA) is 86.8 Å². The molecule has 1 N–H and O–H groups in total. The van der Waals surface area contributed by atoms with E-state index >= 15 is 0 Å². The van der Waals surface area contributed by atoms with Crippen LogP contribution in [0.25, 0.3) is 0 Å². The zero-order valence-electron chi connectivity index (χ0n) is 21.4. The van der Waals surface area contributed by atoms with E-state index in [1.54, 1.807) is 42.2 Å². The van der Waals surface area contributed by atoms with Crippen LogP contribution in [0.5, 0.6) is 0 Å². The van der Waals surface area contributed by atoms with E-state index in [2.05, 4.69) is 5.32 Å². The van der Waals surface area contributed by atoms with Crippen molar-refractivity contribution in [2.45, 2.75) is 65.6 Å². The second-order valence-corrected chi connectivity index (χ2v) is 11.8. The minimum Gasteiger partial charge on any atom is -0.352 e. The molecule has 10 heteroatoms. The van der Waals surface area contributed by atoms with E-state index in [4.69, 9.17) is 23.2 Å². The lowest BCUT2D eigenvalue weighted by atomic mass is 10.1.